The molecule has 0 amide bonds. The van der Waals surface area contributed by atoms with E-state index in [9.17, 15) is 4.79 Å². The smallest absolute Gasteiger partial charge is 0.338 e. The summed E-state index contributed by atoms with van der Waals surface area (Å²) in [6.45, 7) is 5.57. The zero-order chi connectivity index (χ0) is 19.8. The van der Waals surface area contributed by atoms with Gasteiger partial charge in [0.25, 0.3) is 0 Å². The molecule has 1 N–H and O–H groups in total. The highest BCUT2D eigenvalue weighted by atomic mass is 16.5. The molecule has 2 heterocycles. The van der Waals surface area contributed by atoms with Gasteiger partial charge in [0.1, 0.15) is 5.75 Å². The third-order valence-electron chi connectivity index (χ3n) is 4.83. The molecule has 1 aliphatic rings. The first-order valence-electron chi connectivity index (χ1n) is 9.30. The molecule has 1 aliphatic heterocycles. The van der Waals surface area contributed by atoms with E-state index < -0.39 is 6.04 Å². The van der Waals surface area contributed by atoms with Gasteiger partial charge in [-0.3, -0.25) is 4.57 Å². The third-order valence-corrected chi connectivity index (χ3v) is 4.83. The largest absolute Gasteiger partial charge is 0.496 e. The van der Waals surface area contributed by atoms with Crippen molar-refractivity contribution >= 4 is 23.0 Å². The van der Waals surface area contributed by atoms with Gasteiger partial charge in [-0.05, 0) is 39.0 Å². The second kappa shape index (κ2) is 7.03. The number of carbonyl (C=O) groups is 1. The van der Waals surface area contributed by atoms with Crippen LogP contribution in [0.1, 0.15) is 32.4 Å². The normalized spacial score (nSPS) is 16.1. The van der Waals surface area contributed by atoms with Gasteiger partial charge in [0.05, 0.1) is 35.9 Å². The SMILES string of the molecule is COc1ccccc1[C@H]1C(C(=O)OC(C)C)=C(C)Nc2nc3ccccc3n21. The predicted octanol–water partition coefficient (Wildman–Crippen LogP) is 4.29. The van der Waals surface area contributed by atoms with E-state index in [1.54, 1.807) is 7.11 Å². The number of nitrogens with zero attached hydrogens (tertiary/aromatic N) is 2. The van der Waals surface area contributed by atoms with Crippen LogP contribution >= 0.6 is 0 Å². The van der Waals surface area contributed by atoms with E-state index in [0.717, 1.165) is 22.3 Å². The lowest BCUT2D eigenvalue weighted by atomic mass is 9.94. The monoisotopic (exact) mass is 377 g/mol. The van der Waals surface area contributed by atoms with E-state index in [0.29, 0.717) is 17.3 Å². The Morgan fingerprint density at radius 1 is 1.14 bits per heavy atom. The van der Waals surface area contributed by atoms with Crippen LogP contribution < -0.4 is 10.1 Å². The summed E-state index contributed by atoms with van der Waals surface area (Å²) in [5.74, 6) is 1.05. The summed E-state index contributed by atoms with van der Waals surface area (Å²) in [6.07, 6.45) is -0.216. The van der Waals surface area contributed by atoms with Crippen LogP contribution in [0.2, 0.25) is 0 Å². The Bertz CT molecular complexity index is 1080. The van der Waals surface area contributed by atoms with Crippen molar-refractivity contribution in [3.63, 3.8) is 0 Å². The lowest BCUT2D eigenvalue weighted by molar-refractivity contribution is -0.143. The number of fused-ring (bicyclic) bond motifs is 3. The molecule has 0 fully saturated rings. The maximum absolute atomic E-state index is 13.1. The number of allylic oxidation sites excluding steroid dienone is 1. The fraction of sp³-hybridized carbons (Fsp3) is 0.273. The van der Waals surface area contributed by atoms with Crippen LogP contribution in [0.4, 0.5) is 5.95 Å². The number of aromatic nitrogens is 2. The van der Waals surface area contributed by atoms with E-state index in [2.05, 4.69) is 5.32 Å². The fourth-order valence-electron chi connectivity index (χ4n) is 3.69. The van der Waals surface area contributed by atoms with E-state index in [-0.39, 0.29) is 12.1 Å². The highest BCUT2D eigenvalue weighted by molar-refractivity contribution is 5.94. The van der Waals surface area contributed by atoms with E-state index >= 15 is 0 Å². The molecule has 1 aromatic heterocycles. The van der Waals surface area contributed by atoms with Gasteiger partial charge < -0.3 is 14.8 Å². The van der Waals surface area contributed by atoms with Crippen LogP contribution in [-0.2, 0) is 9.53 Å². The Morgan fingerprint density at radius 3 is 2.61 bits per heavy atom. The lowest BCUT2D eigenvalue weighted by Gasteiger charge is -2.31. The molecule has 0 saturated heterocycles. The summed E-state index contributed by atoms with van der Waals surface area (Å²) >= 11 is 0. The maximum atomic E-state index is 13.1. The summed E-state index contributed by atoms with van der Waals surface area (Å²) in [4.78, 5) is 17.8. The number of carbonyl (C=O) groups excluding carboxylic acids is 1. The Balaban J connectivity index is 1.99. The zero-order valence-corrected chi connectivity index (χ0v) is 16.4. The molecule has 6 nitrogen and oxygen atoms in total. The minimum absolute atomic E-state index is 0.216. The van der Waals surface area contributed by atoms with Crippen LogP contribution in [0.5, 0.6) is 5.75 Å². The van der Waals surface area contributed by atoms with Gasteiger partial charge in [-0.2, -0.15) is 0 Å². The van der Waals surface area contributed by atoms with E-state index in [1.165, 1.54) is 0 Å². The van der Waals surface area contributed by atoms with Gasteiger partial charge in [-0.15, -0.1) is 0 Å². The standard InChI is InChI=1S/C22H23N3O3/c1-13(2)28-21(26)19-14(3)23-22-24-16-10-6-7-11-17(16)25(22)20(19)15-9-5-8-12-18(15)27-4/h5-13,20H,1-4H3,(H,23,24)/t20-/m0/s1. The number of ether oxygens (including phenoxy) is 2. The Kier molecular flexibility index (Phi) is 4.55. The van der Waals surface area contributed by atoms with Crippen molar-refractivity contribution < 1.29 is 14.3 Å². The molecule has 2 aromatic carbocycles. The number of methoxy groups -OCH3 is 1. The van der Waals surface area contributed by atoms with Crippen LogP contribution in [-0.4, -0.2) is 28.7 Å². The Morgan fingerprint density at radius 2 is 1.86 bits per heavy atom. The van der Waals surface area contributed by atoms with Gasteiger partial charge in [0.2, 0.25) is 5.95 Å². The molecule has 28 heavy (non-hydrogen) atoms. The first kappa shape index (κ1) is 18.1. The molecular formula is C22H23N3O3. The summed E-state index contributed by atoms with van der Waals surface area (Å²) in [5.41, 5.74) is 3.95. The number of para-hydroxylation sites is 3. The summed E-state index contributed by atoms with van der Waals surface area (Å²) < 4.78 is 13.2. The van der Waals surface area contributed by atoms with Gasteiger partial charge in [0.15, 0.2) is 0 Å². The van der Waals surface area contributed by atoms with Crippen molar-refractivity contribution in [2.24, 2.45) is 0 Å². The molecule has 0 unspecified atom stereocenters. The molecule has 0 radical (unpaired) electrons. The first-order chi connectivity index (χ1) is 13.5. The minimum Gasteiger partial charge on any atom is -0.496 e. The number of rotatable bonds is 4. The summed E-state index contributed by atoms with van der Waals surface area (Å²) in [5, 5.41) is 3.28. The summed E-state index contributed by atoms with van der Waals surface area (Å²) in [6, 6.07) is 15.2. The molecule has 6 heteroatoms. The number of hydrogen-bond donors (Lipinski definition) is 1. The van der Waals surface area contributed by atoms with Crippen LogP contribution in [0.15, 0.2) is 59.8 Å². The van der Waals surface area contributed by atoms with Crippen LogP contribution in [0.3, 0.4) is 0 Å². The molecule has 144 valence electrons. The number of anilines is 1. The van der Waals surface area contributed by atoms with E-state index in [4.69, 9.17) is 14.5 Å². The van der Waals surface area contributed by atoms with Gasteiger partial charge in [-0.25, -0.2) is 9.78 Å². The Hall–Kier alpha value is -3.28. The second-order valence-electron chi connectivity index (χ2n) is 7.06. The third kappa shape index (κ3) is 2.91. The number of imidazole rings is 1. The molecule has 0 aliphatic carbocycles. The number of benzene rings is 2. The quantitative estimate of drug-likeness (QED) is 0.687. The van der Waals surface area contributed by atoms with Crippen molar-refractivity contribution in [3.05, 3.63) is 65.4 Å². The highest BCUT2D eigenvalue weighted by Crippen LogP contribution is 2.42. The number of esters is 1. The highest BCUT2D eigenvalue weighted by Gasteiger charge is 2.36. The topological polar surface area (TPSA) is 65.4 Å². The Labute approximate surface area is 163 Å². The predicted molar refractivity (Wildman–Crippen MR) is 108 cm³/mol. The molecule has 4 rings (SSSR count). The fourth-order valence-corrected chi connectivity index (χ4v) is 3.69. The minimum atomic E-state index is -0.411. The number of nitrogens with one attached hydrogen (secondary N) is 1. The second-order valence-corrected chi connectivity index (χ2v) is 7.06. The molecule has 0 spiro atoms. The molecule has 0 bridgehead atoms. The van der Waals surface area contributed by atoms with Gasteiger partial charge in [-0.1, -0.05) is 30.3 Å². The molecule has 1 atom stereocenters. The average Bonchev–Trinajstić information content (AvgIpc) is 3.04. The summed E-state index contributed by atoms with van der Waals surface area (Å²) in [7, 11) is 1.63. The van der Waals surface area contributed by atoms with Crippen molar-refractivity contribution in [2.75, 3.05) is 12.4 Å². The molecule has 0 saturated carbocycles. The van der Waals surface area contributed by atoms with Gasteiger partial charge in [0, 0.05) is 11.3 Å². The first-order valence-corrected chi connectivity index (χ1v) is 9.30. The molecular weight excluding hydrogens is 354 g/mol. The van der Waals surface area contributed by atoms with Crippen LogP contribution in [0.25, 0.3) is 11.0 Å². The van der Waals surface area contributed by atoms with E-state index in [1.807, 2.05) is 73.9 Å². The number of hydrogen-bond acceptors (Lipinski definition) is 5. The zero-order valence-electron chi connectivity index (χ0n) is 16.4. The average molecular weight is 377 g/mol. The maximum Gasteiger partial charge on any atom is 0.338 e. The lowest BCUT2D eigenvalue weighted by Crippen LogP contribution is -2.30. The van der Waals surface area contributed by atoms with Gasteiger partial charge >= 0.3 is 5.97 Å². The van der Waals surface area contributed by atoms with Crippen molar-refractivity contribution in [1.29, 1.82) is 0 Å². The van der Waals surface area contributed by atoms with Crippen LogP contribution in [0, 0.1) is 0 Å². The van der Waals surface area contributed by atoms with Crippen molar-refractivity contribution in [2.45, 2.75) is 32.9 Å². The van der Waals surface area contributed by atoms with Crippen molar-refractivity contribution in [1.82, 2.24) is 9.55 Å². The molecule has 3 aromatic rings. The van der Waals surface area contributed by atoms with Crippen molar-refractivity contribution in [3.8, 4) is 5.75 Å².